The van der Waals surface area contributed by atoms with Gasteiger partial charge in [0.2, 0.25) is 11.8 Å². The number of aromatic nitrogens is 2. The summed E-state index contributed by atoms with van der Waals surface area (Å²) in [5.41, 5.74) is 5.22. The summed E-state index contributed by atoms with van der Waals surface area (Å²) < 4.78 is 11.4. The molecule has 0 spiro atoms. The van der Waals surface area contributed by atoms with Crippen LogP contribution in [0.3, 0.4) is 0 Å². The van der Waals surface area contributed by atoms with Gasteiger partial charge < -0.3 is 19.8 Å². The average molecular weight is 396 g/mol. The monoisotopic (exact) mass is 396 g/mol. The van der Waals surface area contributed by atoms with Gasteiger partial charge in [0.05, 0.1) is 18.6 Å². The number of allylic oxidation sites excluding steroid dienone is 1. The van der Waals surface area contributed by atoms with Crippen LogP contribution in [0.4, 0.5) is 0 Å². The Balaban J connectivity index is 1.40. The van der Waals surface area contributed by atoms with Crippen LogP contribution in [0.15, 0.2) is 40.5 Å². The van der Waals surface area contributed by atoms with Gasteiger partial charge in [0.15, 0.2) is 0 Å². The fourth-order valence-corrected chi connectivity index (χ4v) is 4.36. The summed E-state index contributed by atoms with van der Waals surface area (Å²) in [6.45, 7) is 2.55. The number of rotatable bonds is 4. The summed E-state index contributed by atoms with van der Waals surface area (Å²) in [5.74, 6) is 1.74. The number of para-hydroxylation sites is 1. The number of fused-ring (bicyclic) bond motifs is 1. The molecule has 2 aromatic rings. The van der Waals surface area contributed by atoms with Crippen molar-refractivity contribution >= 4 is 5.91 Å². The van der Waals surface area contributed by atoms with Gasteiger partial charge in [-0.1, -0.05) is 12.1 Å². The Kier molecular flexibility index (Phi) is 4.69. The van der Waals surface area contributed by atoms with Crippen molar-refractivity contribution in [1.82, 2.24) is 31.3 Å². The standard InChI is InChI=1S/C20H24N6O3/c1-28-16-5-3-2-4-13(16)19-24-25-20(29-19)14-11-22-26-15(10-17(27)23-18(14)26)12-6-8-21-9-7-12/h2-5,10,12,14,18,21-22H,6-9,11H2,1H3,(H,23,27). The molecule has 3 aliphatic heterocycles. The fraction of sp³-hybridized carbons (Fsp3) is 0.450. The predicted molar refractivity (Wildman–Crippen MR) is 104 cm³/mol. The third kappa shape index (κ3) is 3.26. The van der Waals surface area contributed by atoms with Gasteiger partial charge in [-0.3, -0.25) is 9.80 Å². The van der Waals surface area contributed by atoms with E-state index in [4.69, 9.17) is 9.15 Å². The van der Waals surface area contributed by atoms with Crippen molar-refractivity contribution in [1.29, 1.82) is 0 Å². The molecule has 0 bridgehead atoms. The number of hydrazine groups is 1. The SMILES string of the molecule is COc1ccccc1-c1nnc(C2CNN3C(C4CCNCC4)=CC(=O)NC23)o1. The Morgan fingerprint density at radius 3 is 2.86 bits per heavy atom. The zero-order chi connectivity index (χ0) is 19.8. The molecule has 1 aromatic carbocycles. The molecule has 2 saturated heterocycles. The van der Waals surface area contributed by atoms with Gasteiger partial charge in [-0.25, -0.2) is 5.43 Å². The van der Waals surface area contributed by atoms with Crippen molar-refractivity contribution in [3.8, 4) is 17.2 Å². The van der Waals surface area contributed by atoms with Crippen molar-refractivity contribution < 1.29 is 13.9 Å². The first-order chi connectivity index (χ1) is 14.2. The lowest BCUT2D eigenvalue weighted by Crippen LogP contribution is -2.53. The molecule has 9 nitrogen and oxygen atoms in total. The molecule has 1 amide bonds. The van der Waals surface area contributed by atoms with Crippen LogP contribution in [-0.2, 0) is 4.79 Å². The van der Waals surface area contributed by atoms with E-state index >= 15 is 0 Å². The summed E-state index contributed by atoms with van der Waals surface area (Å²) >= 11 is 0. The highest BCUT2D eigenvalue weighted by atomic mass is 16.5. The van der Waals surface area contributed by atoms with Crippen LogP contribution in [-0.4, -0.2) is 54.0 Å². The number of carbonyl (C=O) groups is 1. The number of methoxy groups -OCH3 is 1. The maximum absolute atomic E-state index is 12.4. The third-order valence-electron chi connectivity index (χ3n) is 5.84. The molecule has 0 aliphatic carbocycles. The minimum atomic E-state index is -0.247. The van der Waals surface area contributed by atoms with Gasteiger partial charge in [0.25, 0.3) is 5.89 Å². The molecular formula is C20H24N6O3. The molecule has 2 unspecified atom stereocenters. The molecule has 2 atom stereocenters. The van der Waals surface area contributed by atoms with Gasteiger partial charge in [0, 0.05) is 24.2 Å². The Bertz CT molecular complexity index is 936. The molecule has 1 aromatic heterocycles. The van der Waals surface area contributed by atoms with Gasteiger partial charge >= 0.3 is 0 Å². The molecule has 2 fully saturated rings. The van der Waals surface area contributed by atoms with Crippen LogP contribution in [0.2, 0.25) is 0 Å². The number of hydrogen-bond acceptors (Lipinski definition) is 8. The Morgan fingerprint density at radius 2 is 2.03 bits per heavy atom. The predicted octanol–water partition coefficient (Wildman–Crippen LogP) is 0.988. The van der Waals surface area contributed by atoms with E-state index in [1.807, 2.05) is 24.3 Å². The van der Waals surface area contributed by atoms with E-state index in [9.17, 15) is 4.79 Å². The lowest BCUT2D eigenvalue weighted by molar-refractivity contribution is -0.119. The number of ether oxygens (including phenoxy) is 1. The second-order valence-electron chi connectivity index (χ2n) is 7.53. The molecule has 9 heteroatoms. The van der Waals surface area contributed by atoms with Gasteiger partial charge in [-0.05, 0) is 38.1 Å². The average Bonchev–Trinajstić information content (AvgIpc) is 3.40. The van der Waals surface area contributed by atoms with Crippen molar-refractivity contribution in [3.63, 3.8) is 0 Å². The molecule has 29 heavy (non-hydrogen) atoms. The molecule has 0 radical (unpaired) electrons. The number of carbonyl (C=O) groups excluding carboxylic acids is 1. The van der Waals surface area contributed by atoms with Crippen LogP contribution < -0.4 is 20.8 Å². The van der Waals surface area contributed by atoms with E-state index in [0.29, 0.717) is 30.0 Å². The molecule has 3 aliphatic rings. The van der Waals surface area contributed by atoms with Gasteiger partial charge in [0.1, 0.15) is 11.9 Å². The van der Waals surface area contributed by atoms with Crippen LogP contribution in [0.25, 0.3) is 11.5 Å². The summed E-state index contributed by atoms with van der Waals surface area (Å²) in [5, 5.41) is 17.0. The molecule has 4 heterocycles. The van der Waals surface area contributed by atoms with E-state index in [1.54, 1.807) is 13.2 Å². The Hall–Kier alpha value is -2.91. The second-order valence-corrected chi connectivity index (χ2v) is 7.53. The first-order valence-corrected chi connectivity index (χ1v) is 9.97. The van der Waals surface area contributed by atoms with E-state index in [1.165, 1.54) is 0 Å². The molecule has 152 valence electrons. The molecule has 3 N–H and O–H groups in total. The quantitative estimate of drug-likeness (QED) is 0.703. The molecule has 5 rings (SSSR count). The highest BCUT2D eigenvalue weighted by Gasteiger charge is 2.44. The van der Waals surface area contributed by atoms with E-state index < -0.39 is 0 Å². The number of piperidine rings is 1. The minimum absolute atomic E-state index is 0.0713. The number of nitrogens with zero attached hydrogens (tertiary/aromatic N) is 3. The number of benzene rings is 1. The van der Waals surface area contributed by atoms with E-state index in [0.717, 1.165) is 37.2 Å². The van der Waals surface area contributed by atoms with Crippen LogP contribution >= 0.6 is 0 Å². The zero-order valence-electron chi connectivity index (χ0n) is 16.2. The highest BCUT2D eigenvalue weighted by molar-refractivity contribution is 5.89. The topological polar surface area (TPSA) is 105 Å². The summed E-state index contributed by atoms with van der Waals surface area (Å²) in [6, 6.07) is 7.54. The van der Waals surface area contributed by atoms with E-state index in [2.05, 4.69) is 31.3 Å². The summed E-state index contributed by atoms with van der Waals surface area (Å²) in [7, 11) is 1.61. The molecule has 0 saturated carbocycles. The normalized spacial score (nSPS) is 24.8. The van der Waals surface area contributed by atoms with Crippen LogP contribution in [0, 0.1) is 5.92 Å². The fourth-order valence-electron chi connectivity index (χ4n) is 4.36. The van der Waals surface area contributed by atoms with Gasteiger partial charge in [-0.15, -0.1) is 10.2 Å². The largest absolute Gasteiger partial charge is 0.496 e. The van der Waals surface area contributed by atoms with Crippen molar-refractivity contribution in [2.45, 2.75) is 24.9 Å². The van der Waals surface area contributed by atoms with Crippen LogP contribution in [0.5, 0.6) is 5.75 Å². The number of hydrogen-bond donors (Lipinski definition) is 3. The lowest BCUT2D eigenvalue weighted by atomic mass is 9.92. The number of nitrogens with one attached hydrogen (secondary N) is 3. The molecular weight excluding hydrogens is 372 g/mol. The third-order valence-corrected chi connectivity index (χ3v) is 5.84. The summed E-state index contributed by atoms with van der Waals surface area (Å²) in [4.78, 5) is 12.4. The Morgan fingerprint density at radius 1 is 1.21 bits per heavy atom. The maximum Gasteiger partial charge on any atom is 0.251 e. The van der Waals surface area contributed by atoms with Crippen molar-refractivity contribution in [2.24, 2.45) is 5.92 Å². The first-order valence-electron chi connectivity index (χ1n) is 9.97. The minimum Gasteiger partial charge on any atom is -0.496 e. The first kappa shape index (κ1) is 18.1. The van der Waals surface area contributed by atoms with Crippen molar-refractivity contribution in [3.05, 3.63) is 41.9 Å². The number of amides is 1. The zero-order valence-corrected chi connectivity index (χ0v) is 16.2. The lowest BCUT2D eigenvalue weighted by Gasteiger charge is -2.38. The second kappa shape index (κ2) is 7.49. The van der Waals surface area contributed by atoms with Crippen LogP contribution in [0.1, 0.15) is 24.7 Å². The summed E-state index contributed by atoms with van der Waals surface area (Å²) in [6.07, 6.45) is 3.51. The van der Waals surface area contributed by atoms with Gasteiger partial charge in [-0.2, -0.15) is 0 Å². The van der Waals surface area contributed by atoms with Crippen molar-refractivity contribution in [2.75, 3.05) is 26.7 Å². The van der Waals surface area contributed by atoms with E-state index in [-0.39, 0.29) is 18.0 Å². The maximum atomic E-state index is 12.4. The Labute approximate surface area is 168 Å². The highest BCUT2D eigenvalue weighted by Crippen LogP contribution is 2.36. The smallest absolute Gasteiger partial charge is 0.251 e.